The van der Waals surface area contributed by atoms with E-state index in [0.29, 0.717) is 16.8 Å². The van der Waals surface area contributed by atoms with Crippen molar-refractivity contribution < 1.29 is 34.1 Å². The second kappa shape index (κ2) is 12.0. The summed E-state index contributed by atoms with van der Waals surface area (Å²) in [4.78, 5) is 39.0. The van der Waals surface area contributed by atoms with E-state index in [0.717, 1.165) is 12.2 Å². The number of amides is 1. The van der Waals surface area contributed by atoms with E-state index in [1.807, 2.05) is 0 Å². The third-order valence-corrected chi connectivity index (χ3v) is 5.16. The van der Waals surface area contributed by atoms with Crippen LogP contribution >= 0.6 is 0 Å². The van der Waals surface area contributed by atoms with Crippen LogP contribution in [0.1, 0.15) is 11.1 Å². The Hall–Kier alpha value is -4.85. The highest BCUT2D eigenvalue weighted by atomic mass is 16.5. The average molecular weight is 488 g/mol. The van der Waals surface area contributed by atoms with Crippen LogP contribution in [0.5, 0.6) is 23.0 Å². The fourth-order valence-corrected chi connectivity index (χ4v) is 3.28. The number of benzene rings is 3. The lowest BCUT2D eigenvalue weighted by atomic mass is 9.95. The SMILES string of the molecule is COc1cc(C=CC(=O)C(C(=O)C=Cc2ccc(O)c(OC)c2)C(=O)Nc2ccccc2)ccc1O. The summed E-state index contributed by atoms with van der Waals surface area (Å²) in [6.45, 7) is 0. The lowest BCUT2D eigenvalue weighted by molar-refractivity contribution is -0.134. The number of hydrogen-bond donors (Lipinski definition) is 3. The summed E-state index contributed by atoms with van der Waals surface area (Å²) in [6.07, 6.45) is 5.12. The number of methoxy groups -OCH3 is 2. The number of allylic oxidation sites excluding steroid dienone is 2. The number of aromatic hydroxyl groups is 2. The summed E-state index contributed by atoms with van der Waals surface area (Å²) in [5.74, 6) is -3.58. The Morgan fingerprint density at radius 3 is 1.67 bits per heavy atom. The van der Waals surface area contributed by atoms with Gasteiger partial charge < -0.3 is 25.0 Å². The third-order valence-electron chi connectivity index (χ3n) is 5.16. The Balaban J connectivity index is 1.87. The minimum atomic E-state index is -1.64. The van der Waals surface area contributed by atoms with Gasteiger partial charge in [-0.1, -0.05) is 42.5 Å². The van der Waals surface area contributed by atoms with Crippen LogP contribution < -0.4 is 14.8 Å². The maximum Gasteiger partial charge on any atom is 0.243 e. The Labute approximate surface area is 208 Å². The van der Waals surface area contributed by atoms with Crippen LogP contribution in [0, 0.1) is 5.92 Å². The van der Waals surface area contributed by atoms with E-state index in [-0.39, 0.29) is 23.0 Å². The number of phenolic OH excluding ortho intramolecular Hbond substituents is 2. The molecular formula is C28H25NO7. The van der Waals surface area contributed by atoms with Crippen LogP contribution in [-0.4, -0.2) is 41.9 Å². The summed E-state index contributed by atoms with van der Waals surface area (Å²) < 4.78 is 10.1. The van der Waals surface area contributed by atoms with Crippen molar-refractivity contribution in [2.45, 2.75) is 0 Å². The van der Waals surface area contributed by atoms with E-state index in [9.17, 15) is 24.6 Å². The molecule has 0 saturated heterocycles. The van der Waals surface area contributed by atoms with Crippen molar-refractivity contribution in [3.05, 3.63) is 90.0 Å². The van der Waals surface area contributed by atoms with Crippen LogP contribution in [0.3, 0.4) is 0 Å². The lowest BCUT2D eigenvalue weighted by Gasteiger charge is -2.12. The van der Waals surface area contributed by atoms with Gasteiger partial charge in [-0.25, -0.2) is 0 Å². The van der Waals surface area contributed by atoms with Crippen molar-refractivity contribution in [2.24, 2.45) is 5.92 Å². The van der Waals surface area contributed by atoms with Gasteiger partial charge in [0.05, 0.1) is 14.2 Å². The maximum atomic E-state index is 13.0. The first-order chi connectivity index (χ1) is 17.3. The Bertz CT molecular complexity index is 1240. The van der Waals surface area contributed by atoms with Crippen LogP contribution in [0.25, 0.3) is 12.2 Å². The van der Waals surface area contributed by atoms with Crippen molar-refractivity contribution in [3.8, 4) is 23.0 Å². The Morgan fingerprint density at radius 1 is 0.750 bits per heavy atom. The van der Waals surface area contributed by atoms with E-state index >= 15 is 0 Å². The van der Waals surface area contributed by atoms with Gasteiger partial charge in [-0.05, 0) is 59.7 Å². The monoisotopic (exact) mass is 487 g/mol. The molecule has 3 N–H and O–H groups in total. The predicted octanol–water partition coefficient (Wildman–Crippen LogP) is 4.23. The quantitative estimate of drug-likeness (QED) is 0.289. The molecule has 3 rings (SSSR count). The summed E-state index contributed by atoms with van der Waals surface area (Å²) in [6, 6.07) is 17.4. The summed E-state index contributed by atoms with van der Waals surface area (Å²) in [5.41, 5.74) is 1.49. The van der Waals surface area contributed by atoms with Gasteiger partial charge in [-0.15, -0.1) is 0 Å². The van der Waals surface area contributed by atoms with E-state index in [4.69, 9.17) is 9.47 Å². The molecule has 0 aliphatic carbocycles. The second-order valence-electron chi connectivity index (χ2n) is 7.62. The van der Waals surface area contributed by atoms with Crippen molar-refractivity contribution in [1.29, 1.82) is 0 Å². The summed E-state index contributed by atoms with van der Waals surface area (Å²) in [5, 5.41) is 22.1. The molecular weight excluding hydrogens is 462 g/mol. The molecule has 0 unspecified atom stereocenters. The van der Waals surface area contributed by atoms with Crippen molar-refractivity contribution in [1.82, 2.24) is 0 Å². The van der Waals surface area contributed by atoms with Gasteiger partial charge in [-0.3, -0.25) is 14.4 Å². The van der Waals surface area contributed by atoms with E-state index in [2.05, 4.69) is 5.32 Å². The molecule has 0 atom stereocenters. The number of ketones is 2. The molecule has 184 valence electrons. The average Bonchev–Trinajstić information content (AvgIpc) is 2.88. The number of para-hydroxylation sites is 1. The van der Waals surface area contributed by atoms with E-state index < -0.39 is 23.4 Å². The molecule has 0 bridgehead atoms. The first kappa shape index (κ1) is 25.8. The summed E-state index contributed by atoms with van der Waals surface area (Å²) >= 11 is 0. The minimum absolute atomic E-state index is 0.0627. The van der Waals surface area contributed by atoms with Crippen LogP contribution in [0.2, 0.25) is 0 Å². The number of hydrogen-bond acceptors (Lipinski definition) is 7. The first-order valence-electron chi connectivity index (χ1n) is 10.9. The standard InChI is InChI=1S/C28H25NO7/c1-35-25-16-18(8-12-21(25)30)10-14-23(32)27(28(34)29-20-6-4-3-5-7-20)24(33)15-11-19-9-13-22(31)26(17-19)36-2/h3-17,27,30-31H,1-2H3,(H,29,34). The molecule has 8 nitrogen and oxygen atoms in total. The molecule has 0 radical (unpaired) electrons. The molecule has 3 aromatic rings. The maximum absolute atomic E-state index is 13.0. The lowest BCUT2D eigenvalue weighted by Crippen LogP contribution is -2.34. The molecule has 3 aromatic carbocycles. The van der Waals surface area contributed by atoms with E-state index in [1.54, 1.807) is 42.5 Å². The van der Waals surface area contributed by atoms with Crippen molar-refractivity contribution >= 4 is 35.3 Å². The van der Waals surface area contributed by atoms with Gasteiger partial charge in [0.1, 0.15) is 0 Å². The molecule has 0 fully saturated rings. The molecule has 8 heteroatoms. The molecule has 0 saturated carbocycles. The van der Waals surface area contributed by atoms with Crippen LogP contribution in [-0.2, 0) is 14.4 Å². The molecule has 0 aromatic heterocycles. The second-order valence-corrected chi connectivity index (χ2v) is 7.62. The number of carbonyl (C=O) groups excluding carboxylic acids is 3. The highest BCUT2D eigenvalue weighted by molar-refractivity contribution is 6.28. The fraction of sp³-hybridized carbons (Fsp3) is 0.107. The fourth-order valence-electron chi connectivity index (χ4n) is 3.28. The number of ether oxygens (including phenoxy) is 2. The Morgan fingerprint density at radius 2 is 1.22 bits per heavy atom. The zero-order chi connectivity index (χ0) is 26.1. The Kier molecular flexibility index (Phi) is 8.61. The molecule has 36 heavy (non-hydrogen) atoms. The predicted molar refractivity (Wildman–Crippen MR) is 136 cm³/mol. The normalized spacial score (nSPS) is 11.8. The zero-order valence-electron chi connectivity index (χ0n) is 19.7. The molecule has 0 aliphatic heterocycles. The molecule has 0 heterocycles. The topological polar surface area (TPSA) is 122 Å². The van der Waals surface area contributed by atoms with Gasteiger partial charge in [0.15, 0.2) is 40.5 Å². The van der Waals surface area contributed by atoms with Crippen LogP contribution in [0.4, 0.5) is 5.69 Å². The van der Waals surface area contributed by atoms with Gasteiger partial charge in [0, 0.05) is 5.69 Å². The smallest absolute Gasteiger partial charge is 0.243 e. The molecule has 0 spiro atoms. The van der Waals surface area contributed by atoms with Crippen LogP contribution in [0.15, 0.2) is 78.9 Å². The zero-order valence-corrected chi connectivity index (χ0v) is 19.7. The first-order valence-corrected chi connectivity index (χ1v) is 10.9. The molecule has 1 amide bonds. The number of carbonyl (C=O) groups is 3. The van der Waals surface area contributed by atoms with Crippen molar-refractivity contribution in [2.75, 3.05) is 19.5 Å². The van der Waals surface area contributed by atoms with Crippen molar-refractivity contribution in [3.63, 3.8) is 0 Å². The minimum Gasteiger partial charge on any atom is -0.504 e. The van der Waals surface area contributed by atoms with Gasteiger partial charge in [0.2, 0.25) is 5.91 Å². The third kappa shape index (κ3) is 6.60. The number of rotatable bonds is 10. The molecule has 0 aliphatic rings. The number of nitrogens with one attached hydrogen (secondary N) is 1. The highest BCUT2D eigenvalue weighted by Crippen LogP contribution is 2.28. The van der Waals surface area contributed by atoms with Gasteiger partial charge in [-0.2, -0.15) is 0 Å². The summed E-state index contributed by atoms with van der Waals surface area (Å²) in [7, 11) is 2.79. The van der Waals surface area contributed by atoms with Gasteiger partial charge in [0.25, 0.3) is 0 Å². The van der Waals surface area contributed by atoms with E-state index in [1.165, 1.54) is 50.6 Å². The largest absolute Gasteiger partial charge is 0.504 e. The number of phenols is 2. The van der Waals surface area contributed by atoms with Gasteiger partial charge >= 0.3 is 0 Å². The number of anilines is 1. The highest BCUT2D eigenvalue weighted by Gasteiger charge is 2.31.